The van der Waals surface area contributed by atoms with Gasteiger partial charge in [0, 0.05) is 0 Å². The van der Waals surface area contributed by atoms with Crippen LogP contribution in [0.1, 0.15) is 51.7 Å². The van der Waals surface area contributed by atoms with Crippen LogP contribution in [0.4, 0.5) is 0 Å². The number of rotatable bonds is 4. The Morgan fingerprint density at radius 3 is 2.47 bits per heavy atom. The maximum absolute atomic E-state index is 2.44. The van der Waals surface area contributed by atoms with E-state index in [-0.39, 0.29) is 0 Å². The number of fused-ring (bicyclic) bond motifs is 1. The summed E-state index contributed by atoms with van der Waals surface area (Å²) < 4.78 is 0. The highest BCUT2D eigenvalue weighted by molar-refractivity contribution is 5.77. The van der Waals surface area contributed by atoms with Gasteiger partial charge < -0.3 is 0 Å². The van der Waals surface area contributed by atoms with E-state index in [1.54, 1.807) is 5.57 Å². The van der Waals surface area contributed by atoms with Crippen LogP contribution in [-0.2, 0) is 0 Å². The molecule has 1 aromatic rings. The molecule has 0 saturated carbocycles. The first-order valence-electron chi connectivity index (χ1n) is 7.55. The molecule has 0 aliphatic heterocycles. The van der Waals surface area contributed by atoms with Crippen LogP contribution in [0.2, 0.25) is 0 Å². The number of allylic oxidation sites excluding steroid dienone is 3. The minimum absolute atomic E-state index is 0.668. The van der Waals surface area contributed by atoms with Crippen molar-refractivity contribution in [3.8, 4) is 0 Å². The van der Waals surface area contributed by atoms with Crippen molar-refractivity contribution in [3.05, 3.63) is 47.5 Å². The Morgan fingerprint density at radius 1 is 1.05 bits per heavy atom. The molecule has 0 heteroatoms. The lowest BCUT2D eigenvalue weighted by Crippen LogP contribution is -2.14. The largest absolute Gasteiger partial charge is 0.0801 e. The monoisotopic (exact) mass is 254 g/mol. The van der Waals surface area contributed by atoms with Gasteiger partial charge in [-0.05, 0) is 47.3 Å². The Bertz CT molecular complexity index is 475. The van der Waals surface area contributed by atoms with Gasteiger partial charge in [0.05, 0.1) is 0 Å². The average Bonchev–Trinajstić information content (AvgIpc) is 2.57. The van der Waals surface area contributed by atoms with Gasteiger partial charge >= 0.3 is 0 Å². The van der Waals surface area contributed by atoms with Gasteiger partial charge in [-0.25, -0.2) is 0 Å². The van der Waals surface area contributed by atoms with Crippen LogP contribution in [0, 0.1) is 17.8 Å². The fourth-order valence-electron chi connectivity index (χ4n) is 3.02. The normalized spacial score (nSPS) is 16.2. The molecule has 2 rings (SSSR count). The second-order valence-electron chi connectivity index (χ2n) is 6.36. The summed E-state index contributed by atoms with van der Waals surface area (Å²) in [6, 6.07) is 8.82. The summed E-state index contributed by atoms with van der Waals surface area (Å²) >= 11 is 0. The van der Waals surface area contributed by atoms with Gasteiger partial charge in [0.1, 0.15) is 0 Å². The Morgan fingerprint density at radius 2 is 1.79 bits per heavy atom. The predicted molar refractivity (Wildman–Crippen MR) is 85.9 cm³/mol. The molecule has 1 aromatic carbocycles. The second kappa shape index (κ2) is 6.23. The molecular formula is C19H26. The second-order valence-corrected chi connectivity index (χ2v) is 6.36. The molecule has 1 atom stereocenters. The molecule has 0 aromatic heterocycles. The standard InChI is InChI=1S/C19H26/c1-14(2)13-19(15(3)4)18-12-8-6-10-16-9-5-7-11-17(16)18/h5-7,9-12,14-15,19H,8,13H2,1-4H3. The molecule has 0 fully saturated rings. The minimum atomic E-state index is 0.668. The van der Waals surface area contributed by atoms with Crippen LogP contribution in [0.5, 0.6) is 0 Å². The minimum Gasteiger partial charge on any atom is -0.0801 e. The lowest BCUT2D eigenvalue weighted by Gasteiger charge is -2.27. The van der Waals surface area contributed by atoms with Crippen molar-refractivity contribution in [2.75, 3.05) is 0 Å². The first-order valence-corrected chi connectivity index (χ1v) is 7.55. The van der Waals surface area contributed by atoms with Crippen molar-refractivity contribution >= 4 is 11.6 Å². The molecular weight excluding hydrogens is 228 g/mol. The van der Waals surface area contributed by atoms with Crippen molar-refractivity contribution in [1.29, 1.82) is 0 Å². The fourth-order valence-corrected chi connectivity index (χ4v) is 3.02. The molecule has 0 nitrogen and oxygen atoms in total. The SMILES string of the molecule is CC(C)CC(C1=CCC=Cc2ccccc21)C(C)C. The topological polar surface area (TPSA) is 0 Å². The highest BCUT2D eigenvalue weighted by Gasteiger charge is 2.22. The van der Waals surface area contributed by atoms with E-state index in [9.17, 15) is 0 Å². The summed E-state index contributed by atoms with van der Waals surface area (Å²) in [4.78, 5) is 0. The van der Waals surface area contributed by atoms with Crippen LogP contribution < -0.4 is 0 Å². The Kier molecular flexibility index (Phi) is 4.63. The molecule has 102 valence electrons. The van der Waals surface area contributed by atoms with Gasteiger partial charge in [0.2, 0.25) is 0 Å². The van der Waals surface area contributed by atoms with Crippen molar-refractivity contribution in [3.63, 3.8) is 0 Å². The molecule has 1 aliphatic carbocycles. The number of hydrogen-bond donors (Lipinski definition) is 0. The highest BCUT2D eigenvalue weighted by Crippen LogP contribution is 2.37. The van der Waals surface area contributed by atoms with Gasteiger partial charge in [0.25, 0.3) is 0 Å². The van der Waals surface area contributed by atoms with E-state index in [4.69, 9.17) is 0 Å². The smallest absolute Gasteiger partial charge is 0.0133 e. The van der Waals surface area contributed by atoms with E-state index in [2.05, 4.69) is 70.2 Å². The van der Waals surface area contributed by atoms with Gasteiger partial charge in [-0.1, -0.05) is 70.2 Å². The third-order valence-electron chi connectivity index (χ3n) is 3.97. The predicted octanol–water partition coefficient (Wildman–Crippen LogP) is 5.81. The van der Waals surface area contributed by atoms with Crippen molar-refractivity contribution in [2.45, 2.75) is 40.5 Å². The van der Waals surface area contributed by atoms with Crippen LogP contribution in [0.3, 0.4) is 0 Å². The Hall–Kier alpha value is -1.30. The zero-order valence-corrected chi connectivity index (χ0v) is 12.7. The van der Waals surface area contributed by atoms with Crippen LogP contribution in [0.25, 0.3) is 11.6 Å². The molecule has 0 spiro atoms. The van der Waals surface area contributed by atoms with E-state index in [0.29, 0.717) is 11.8 Å². The van der Waals surface area contributed by atoms with Gasteiger partial charge in [-0.2, -0.15) is 0 Å². The first-order chi connectivity index (χ1) is 9.09. The van der Waals surface area contributed by atoms with Crippen LogP contribution >= 0.6 is 0 Å². The van der Waals surface area contributed by atoms with E-state index in [1.807, 2.05) is 0 Å². The molecule has 19 heavy (non-hydrogen) atoms. The maximum Gasteiger partial charge on any atom is -0.0133 e. The van der Waals surface area contributed by atoms with E-state index < -0.39 is 0 Å². The lowest BCUT2D eigenvalue weighted by molar-refractivity contribution is 0.391. The highest BCUT2D eigenvalue weighted by atomic mass is 14.3. The van der Waals surface area contributed by atoms with Gasteiger partial charge in [0.15, 0.2) is 0 Å². The van der Waals surface area contributed by atoms with Gasteiger partial charge in [-0.3, -0.25) is 0 Å². The number of hydrogen-bond acceptors (Lipinski definition) is 0. The van der Waals surface area contributed by atoms with E-state index in [1.165, 1.54) is 17.5 Å². The fraction of sp³-hybridized carbons (Fsp3) is 0.474. The third-order valence-corrected chi connectivity index (χ3v) is 3.97. The lowest BCUT2D eigenvalue weighted by atomic mass is 9.78. The summed E-state index contributed by atoms with van der Waals surface area (Å²) in [5, 5.41) is 0. The first kappa shape index (κ1) is 14.1. The summed E-state index contributed by atoms with van der Waals surface area (Å²) in [5.74, 6) is 2.11. The Labute approximate surface area is 118 Å². The Balaban J connectivity index is 2.41. The molecule has 0 saturated heterocycles. The summed E-state index contributed by atoms with van der Waals surface area (Å²) in [5.41, 5.74) is 4.38. The molecule has 0 amide bonds. The number of benzene rings is 1. The van der Waals surface area contributed by atoms with E-state index >= 15 is 0 Å². The van der Waals surface area contributed by atoms with Crippen LogP contribution in [-0.4, -0.2) is 0 Å². The maximum atomic E-state index is 2.44. The molecule has 0 bridgehead atoms. The van der Waals surface area contributed by atoms with Crippen molar-refractivity contribution in [1.82, 2.24) is 0 Å². The summed E-state index contributed by atoms with van der Waals surface area (Å²) in [7, 11) is 0. The zero-order valence-electron chi connectivity index (χ0n) is 12.7. The summed E-state index contributed by atoms with van der Waals surface area (Å²) in [6.07, 6.45) is 9.32. The molecule has 0 radical (unpaired) electrons. The van der Waals surface area contributed by atoms with Gasteiger partial charge in [-0.15, -0.1) is 0 Å². The van der Waals surface area contributed by atoms with Crippen LogP contribution in [0.15, 0.2) is 36.4 Å². The quantitative estimate of drug-likeness (QED) is 0.636. The van der Waals surface area contributed by atoms with E-state index in [0.717, 1.165) is 12.3 Å². The van der Waals surface area contributed by atoms with Crippen molar-refractivity contribution in [2.24, 2.45) is 17.8 Å². The third kappa shape index (κ3) is 3.37. The molecule has 1 aliphatic rings. The molecule has 0 heterocycles. The zero-order chi connectivity index (χ0) is 13.8. The summed E-state index contributed by atoms with van der Waals surface area (Å²) in [6.45, 7) is 9.37. The van der Waals surface area contributed by atoms with Crippen molar-refractivity contribution < 1.29 is 0 Å². The molecule has 1 unspecified atom stereocenters. The average molecular weight is 254 g/mol. The molecule has 0 N–H and O–H groups in total.